The molecule has 1 fully saturated rings. The Labute approximate surface area is 168 Å². The lowest BCUT2D eigenvalue weighted by atomic mass is 10.1. The van der Waals surface area contributed by atoms with E-state index in [4.69, 9.17) is 4.74 Å². The van der Waals surface area contributed by atoms with Gasteiger partial charge >= 0.3 is 0 Å². The molecule has 6 heteroatoms. The van der Waals surface area contributed by atoms with Gasteiger partial charge in [0.2, 0.25) is 11.8 Å². The van der Waals surface area contributed by atoms with Crippen LogP contribution in [-0.4, -0.2) is 65.8 Å². The first kappa shape index (κ1) is 20.6. The topological polar surface area (TPSA) is 53.1 Å². The van der Waals surface area contributed by atoms with Crippen LogP contribution in [0.3, 0.4) is 0 Å². The lowest BCUT2D eigenvalue weighted by Gasteiger charge is -2.34. The Balaban J connectivity index is 1.62. The number of hydrogen-bond donors (Lipinski definition) is 0. The third-order valence-electron chi connectivity index (χ3n) is 5.62. The molecule has 2 aliphatic rings. The first-order valence-corrected chi connectivity index (χ1v) is 10.4. The summed E-state index contributed by atoms with van der Waals surface area (Å²) in [6.45, 7) is 12.0. The summed E-state index contributed by atoms with van der Waals surface area (Å²) in [5.41, 5.74) is 2.32. The van der Waals surface area contributed by atoms with Gasteiger partial charge in [-0.2, -0.15) is 0 Å². The van der Waals surface area contributed by atoms with E-state index in [0.29, 0.717) is 32.0 Å². The molecular formula is C22H33N3O3. The van der Waals surface area contributed by atoms with Gasteiger partial charge in [0, 0.05) is 58.2 Å². The van der Waals surface area contributed by atoms with E-state index in [9.17, 15) is 9.59 Å². The number of amides is 2. The van der Waals surface area contributed by atoms with Gasteiger partial charge in [-0.1, -0.05) is 19.9 Å². The fourth-order valence-corrected chi connectivity index (χ4v) is 3.81. The van der Waals surface area contributed by atoms with E-state index < -0.39 is 0 Å². The van der Waals surface area contributed by atoms with E-state index in [1.165, 1.54) is 5.56 Å². The van der Waals surface area contributed by atoms with Crippen molar-refractivity contribution in [2.75, 3.05) is 39.3 Å². The zero-order chi connectivity index (χ0) is 20.1. The first-order valence-electron chi connectivity index (χ1n) is 10.4. The van der Waals surface area contributed by atoms with Gasteiger partial charge in [0.1, 0.15) is 12.4 Å². The van der Waals surface area contributed by atoms with E-state index in [-0.39, 0.29) is 11.8 Å². The minimum atomic E-state index is 0.157. The lowest BCUT2D eigenvalue weighted by molar-refractivity contribution is -0.132. The van der Waals surface area contributed by atoms with Crippen LogP contribution in [0.2, 0.25) is 0 Å². The van der Waals surface area contributed by atoms with Gasteiger partial charge in [-0.05, 0) is 30.0 Å². The molecule has 0 aliphatic carbocycles. The van der Waals surface area contributed by atoms with E-state index in [1.54, 1.807) is 6.92 Å². The van der Waals surface area contributed by atoms with Crippen molar-refractivity contribution in [1.29, 1.82) is 0 Å². The van der Waals surface area contributed by atoms with Gasteiger partial charge < -0.3 is 14.5 Å². The van der Waals surface area contributed by atoms with E-state index >= 15 is 0 Å². The third-order valence-corrected chi connectivity index (χ3v) is 5.62. The highest BCUT2D eigenvalue weighted by atomic mass is 16.5. The Morgan fingerprint density at radius 2 is 1.82 bits per heavy atom. The molecule has 0 unspecified atom stereocenters. The van der Waals surface area contributed by atoms with Gasteiger partial charge in [-0.25, -0.2) is 0 Å². The van der Waals surface area contributed by atoms with Crippen LogP contribution < -0.4 is 4.74 Å². The standard InChI is InChI=1S/C22H33N3O3/c1-17(2)4-7-22(27)25-12-13-28-21-6-5-19(14-20(21)16-25)15-23-8-10-24(11-9-23)18(3)26/h5-6,14,17H,4,7-13,15-16H2,1-3H3. The quantitative estimate of drug-likeness (QED) is 0.779. The Morgan fingerprint density at radius 3 is 2.50 bits per heavy atom. The number of ether oxygens (including phenoxy) is 1. The number of hydrogen-bond acceptors (Lipinski definition) is 4. The SMILES string of the molecule is CC(=O)N1CCN(Cc2ccc3c(c2)CN(C(=O)CCC(C)C)CCO3)CC1. The molecule has 0 radical (unpaired) electrons. The molecule has 2 heterocycles. The summed E-state index contributed by atoms with van der Waals surface area (Å²) in [6, 6.07) is 6.34. The summed E-state index contributed by atoms with van der Waals surface area (Å²) >= 11 is 0. The third kappa shape index (κ3) is 5.47. The smallest absolute Gasteiger partial charge is 0.222 e. The molecule has 0 saturated carbocycles. The summed E-state index contributed by atoms with van der Waals surface area (Å²) in [7, 11) is 0. The largest absolute Gasteiger partial charge is 0.491 e. The molecule has 28 heavy (non-hydrogen) atoms. The number of carbonyl (C=O) groups excluding carboxylic acids is 2. The second kappa shape index (κ2) is 9.41. The summed E-state index contributed by atoms with van der Waals surface area (Å²) in [5.74, 6) is 1.80. The van der Waals surface area contributed by atoms with Crippen LogP contribution in [0, 0.1) is 5.92 Å². The first-order chi connectivity index (χ1) is 13.4. The molecule has 154 valence electrons. The lowest BCUT2D eigenvalue weighted by Crippen LogP contribution is -2.47. The highest BCUT2D eigenvalue weighted by Crippen LogP contribution is 2.26. The minimum Gasteiger partial charge on any atom is -0.491 e. The zero-order valence-electron chi connectivity index (χ0n) is 17.4. The average molecular weight is 388 g/mol. The molecular weight excluding hydrogens is 354 g/mol. The van der Waals surface area contributed by atoms with Crippen LogP contribution >= 0.6 is 0 Å². The maximum absolute atomic E-state index is 12.6. The summed E-state index contributed by atoms with van der Waals surface area (Å²) in [6.07, 6.45) is 1.53. The van der Waals surface area contributed by atoms with E-state index in [1.807, 2.05) is 15.9 Å². The number of piperazine rings is 1. The van der Waals surface area contributed by atoms with Gasteiger partial charge in [0.15, 0.2) is 0 Å². The Bertz CT molecular complexity index is 696. The molecule has 0 atom stereocenters. The average Bonchev–Trinajstić information content (AvgIpc) is 2.88. The van der Waals surface area contributed by atoms with Crippen molar-refractivity contribution in [2.45, 2.75) is 46.7 Å². The number of benzene rings is 1. The van der Waals surface area contributed by atoms with E-state index in [0.717, 1.165) is 50.5 Å². The zero-order valence-corrected chi connectivity index (χ0v) is 17.4. The van der Waals surface area contributed by atoms with Crippen molar-refractivity contribution in [3.8, 4) is 5.75 Å². The van der Waals surface area contributed by atoms with Gasteiger partial charge in [0.05, 0.1) is 6.54 Å². The predicted octanol–water partition coefficient (Wildman–Crippen LogP) is 2.51. The Hall–Kier alpha value is -2.08. The molecule has 1 saturated heterocycles. The molecule has 0 aromatic heterocycles. The molecule has 0 bridgehead atoms. The van der Waals surface area contributed by atoms with Crippen molar-refractivity contribution in [3.63, 3.8) is 0 Å². The number of carbonyl (C=O) groups is 2. The fourth-order valence-electron chi connectivity index (χ4n) is 3.81. The normalized spacial score (nSPS) is 17.9. The highest BCUT2D eigenvalue weighted by molar-refractivity contribution is 5.76. The van der Waals surface area contributed by atoms with Crippen molar-refractivity contribution in [1.82, 2.24) is 14.7 Å². The Kier molecular flexibility index (Phi) is 6.94. The predicted molar refractivity (Wildman–Crippen MR) is 109 cm³/mol. The van der Waals surface area contributed by atoms with Crippen molar-refractivity contribution < 1.29 is 14.3 Å². The Morgan fingerprint density at radius 1 is 1.07 bits per heavy atom. The second-order valence-electron chi connectivity index (χ2n) is 8.32. The summed E-state index contributed by atoms with van der Waals surface area (Å²) < 4.78 is 5.89. The van der Waals surface area contributed by atoms with Gasteiger partial charge in [0.25, 0.3) is 0 Å². The highest BCUT2D eigenvalue weighted by Gasteiger charge is 2.22. The minimum absolute atomic E-state index is 0.157. The monoisotopic (exact) mass is 387 g/mol. The molecule has 1 aromatic rings. The van der Waals surface area contributed by atoms with Crippen LogP contribution in [0.1, 0.15) is 44.7 Å². The maximum atomic E-state index is 12.6. The molecule has 1 aromatic carbocycles. The molecule has 2 aliphatic heterocycles. The number of nitrogens with zero attached hydrogens (tertiary/aromatic N) is 3. The van der Waals surface area contributed by atoms with Crippen LogP contribution in [0.15, 0.2) is 18.2 Å². The molecule has 0 N–H and O–H groups in total. The van der Waals surface area contributed by atoms with Crippen LogP contribution in [0.4, 0.5) is 0 Å². The van der Waals surface area contributed by atoms with Crippen LogP contribution in [0.25, 0.3) is 0 Å². The molecule has 2 amide bonds. The van der Waals surface area contributed by atoms with Crippen molar-refractivity contribution in [2.24, 2.45) is 5.92 Å². The van der Waals surface area contributed by atoms with Crippen molar-refractivity contribution >= 4 is 11.8 Å². The fraction of sp³-hybridized carbons (Fsp3) is 0.636. The molecule has 0 spiro atoms. The summed E-state index contributed by atoms with van der Waals surface area (Å²) in [5, 5.41) is 0. The van der Waals surface area contributed by atoms with Crippen LogP contribution in [-0.2, 0) is 22.7 Å². The van der Waals surface area contributed by atoms with Crippen molar-refractivity contribution in [3.05, 3.63) is 29.3 Å². The molecule has 6 nitrogen and oxygen atoms in total. The second-order valence-corrected chi connectivity index (χ2v) is 8.32. The van der Waals surface area contributed by atoms with E-state index in [2.05, 4.69) is 30.9 Å². The van der Waals surface area contributed by atoms with Crippen LogP contribution in [0.5, 0.6) is 5.75 Å². The maximum Gasteiger partial charge on any atom is 0.222 e. The molecule has 3 rings (SSSR count). The van der Waals surface area contributed by atoms with Gasteiger partial charge in [-0.3, -0.25) is 14.5 Å². The number of fused-ring (bicyclic) bond motifs is 1. The number of rotatable bonds is 5. The summed E-state index contributed by atoms with van der Waals surface area (Å²) in [4.78, 5) is 30.3. The van der Waals surface area contributed by atoms with Gasteiger partial charge in [-0.15, -0.1) is 0 Å².